The Labute approximate surface area is 261 Å². The number of rotatable bonds is 13. The molecular weight excluding hydrogens is 602 g/mol. The molecule has 1 fully saturated rings. The number of amides is 5. The number of carboxylic acid groups (broad SMARTS) is 2. The quantitative estimate of drug-likeness (QED) is 0.122. The van der Waals surface area contributed by atoms with Gasteiger partial charge in [0.15, 0.2) is 6.04 Å². The molecule has 15 heteroatoms. The summed E-state index contributed by atoms with van der Waals surface area (Å²) in [5.41, 5.74) is -0.868. The third-order valence-corrected chi connectivity index (χ3v) is 7.49. The normalized spacial score (nSPS) is 17.2. The Bertz CT molecular complexity index is 1670. The van der Waals surface area contributed by atoms with Crippen LogP contribution in [-0.2, 0) is 36.1 Å². The first-order valence-electron chi connectivity index (χ1n) is 13.8. The molecule has 1 aliphatic heterocycles. The second kappa shape index (κ2) is 13.7. The highest BCUT2D eigenvalue weighted by atomic mass is 16.6. The SMILES string of the molecule is CC1(c2ccc([N+](=O)[O-])cc2)C(=O)N(CC(=O)NC(CC(=O)O)C(=O)NC(C(=O)O)c2ccccc2)C(=O)N1Cc1ccccc1. The van der Waals surface area contributed by atoms with Gasteiger partial charge in [-0.15, -0.1) is 0 Å². The fourth-order valence-electron chi connectivity index (χ4n) is 5.06. The first-order valence-corrected chi connectivity index (χ1v) is 13.8. The van der Waals surface area contributed by atoms with Gasteiger partial charge in [-0.2, -0.15) is 0 Å². The van der Waals surface area contributed by atoms with Crippen LogP contribution >= 0.6 is 0 Å². The summed E-state index contributed by atoms with van der Waals surface area (Å²) < 4.78 is 0. The molecule has 46 heavy (non-hydrogen) atoms. The lowest BCUT2D eigenvalue weighted by Gasteiger charge is -2.32. The van der Waals surface area contributed by atoms with Crippen LogP contribution in [0, 0.1) is 10.1 Å². The fourth-order valence-corrected chi connectivity index (χ4v) is 5.06. The Morgan fingerprint density at radius 3 is 2.02 bits per heavy atom. The first-order chi connectivity index (χ1) is 21.8. The molecule has 4 N–H and O–H groups in total. The summed E-state index contributed by atoms with van der Waals surface area (Å²) in [5.74, 6) is -5.95. The van der Waals surface area contributed by atoms with Gasteiger partial charge in [0, 0.05) is 18.7 Å². The number of carbonyl (C=O) groups is 6. The standard InChI is InChI=1S/C31H29N5O10/c1-31(21-12-14-22(15-13-21)36(45)46)29(43)34(30(44)35(31)17-19-8-4-2-5-9-19)18-24(37)32-23(16-25(38)39)27(40)33-26(28(41)42)20-10-6-3-7-11-20/h2-15,23,26H,16-18H2,1H3,(H,32,37)(H,33,40)(H,38,39)(H,41,42). The number of urea groups is 1. The van der Waals surface area contributed by atoms with Gasteiger partial charge in [-0.3, -0.25) is 34.2 Å². The van der Waals surface area contributed by atoms with Crippen molar-refractivity contribution in [2.75, 3.05) is 6.54 Å². The molecule has 0 bridgehead atoms. The van der Waals surface area contributed by atoms with Crippen LogP contribution in [0.2, 0.25) is 0 Å². The average molecular weight is 632 g/mol. The maximum Gasteiger partial charge on any atom is 0.330 e. The van der Waals surface area contributed by atoms with Gasteiger partial charge in [-0.25, -0.2) is 9.59 Å². The molecule has 0 saturated carbocycles. The number of nitro benzene ring substituents is 1. The van der Waals surface area contributed by atoms with E-state index in [1.54, 1.807) is 48.5 Å². The van der Waals surface area contributed by atoms with Crippen LogP contribution in [0.25, 0.3) is 0 Å². The minimum absolute atomic E-state index is 0.0723. The molecule has 3 aromatic carbocycles. The van der Waals surface area contributed by atoms with Crippen molar-refractivity contribution < 1.29 is 43.9 Å². The van der Waals surface area contributed by atoms with Crippen LogP contribution in [0.1, 0.15) is 36.1 Å². The molecule has 15 nitrogen and oxygen atoms in total. The van der Waals surface area contributed by atoms with Crippen LogP contribution in [0.5, 0.6) is 0 Å². The molecule has 238 valence electrons. The van der Waals surface area contributed by atoms with Crippen LogP contribution in [0.3, 0.4) is 0 Å². The van der Waals surface area contributed by atoms with Crippen molar-refractivity contribution in [1.29, 1.82) is 0 Å². The number of carboxylic acids is 2. The Balaban J connectivity index is 1.58. The number of imide groups is 1. The van der Waals surface area contributed by atoms with Crippen LogP contribution in [0.15, 0.2) is 84.9 Å². The zero-order chi connectivity index (χ0) is 33.6. The van der Waals surface area contributed by atoms with Crippen molar-refractivity contribution in [2.24, 2.45) is 0 Å². The van der Waals surface area contributed by atoms with Gasteiger partial charge in [0.25, 0.3) is 11.6 Å². The molecule has 3 unspecified atom stereocenters. The molecule has 1 heterocycles. The van der Waals surface area contributed by atoms with Gasteiger partial charge in [-0.1, -0.05) is 60.7 Å². The van der Waals surface area contributed by atoms with E-state index in [0.29, 0.717) is 10.5 Å². The zero-order valence-electron chi connectivity index (χ0n) is 24.4. The molecule has 3 atom stereocenters. The molecule has 0 radical (unpaired) electrons. The summed E-state index contributed by atoms with van der Waals surface area (Å²) in [6.07, 6.45) is -0.929. The van der Waals surface area contributed by atoms with E-state index in [1.807, 2.05) is 0 Å². The Hall–Kier alpha value is -6.12. The maximum atomic E-state index is 13.9. The van der Waals surface area contributed by atoms with Crippen LogP contribution in [0.4, 0.5) is 10.5 Å². The van der Waals surface area contributed by atoms with E-state index in [0.717, 1.165) is 0 Å². The number of carbonyl (C=O) groups excluding carboxylic acids is 4. The first kappa shape index (κ1) is 32.8. The summed E-state index contributed by atoms with van der Waals surface area (Å²) >= 11 is 0. The Kier molecular flexibility index (Phi) is 9.74. The van der Waals surface area contributed by atoms with E-state index in [4.69, 9.17) is 0 Å². The van der Waals surface area contributed by atoms with Gasteiger partial charge in [0.1, 0.15) is 18.1 Å². The predicted octanol–water partition coefficient (Wildman–Crippen LogP) is 2.18. The summed E-state index contributed by atoms with van der Waals surface area (Å²) in [5, 5.41) is 34.6. The van der Waals surface area contributed by atoms with Crippen molar-refractivity contribution in [2.45, 2.75) is 37.5 Å². The minimum atomic E-state index is -1.76. The molecule has 1 aliphatic rings. The van der Waals surface area contributed by atoms with Gasteiger partial charge < -0.3 is 25.7 Å². The van der Waals surface area contributed by atoms with Crippen LogP contribution in [-0.4, -0.2) is 73.2 Å². The summed E-state index contributed by atoms with van der Waals surface area (Å²) in [4.78, 5) is 89.6. The van der Waals surface area contributed by atoms with E-state index in [2.05, 4.69) is 10.6 Å². The van der Waals surface area contributed by atoms with Gasteiger partial charge >= 0.3 is 18.0 Å². The smallest absolute Gasteiger partial charge is 0.330 e. The summed E-state index contributed by atoms with van der Waals surface area (Å²) in [6, 6.07) is 17.1. The third-order valence-electron chi connectivity index (χ3n) is 7.49. The van der Waals surface area contributed by atoms with Crippen molar-refractivity contribution in [3.63, 3.8) is 0 Å². The van der Waals surface area contributed by atoms with Crippen molar-refractivity contribution in [1.82, 2.24) is 20.4 Å². The Morgan fingerprint density at radius 1 is 0.891 bits per heavy atom. The number of nitrogens with one attached hydrogen (secondary N) is 2. The highest BCUT2D eigenvalue weighted by Crippen LogP contribution is 2.39. The van der Waals surface area contributed by atoms with Crippen molar-refractivity contribution >= 4 is 41.4 Å². The predicted molar refractivity (Wildman–Crippen MR) is 159 cm³/mol. The number of non-ortho nitro benzene ring substituents is 1. The highest BCUT2D eigenvalue weighted by molar-refractivity contribution is 6.09. The minimum Gasteiger partial charge on any atom is -0.481 e. The van der Waals surface area contributed by atoms with E-state index >= 15 is 0 Å². The number of nitrogens with zero attached hydrogens (tertiary/aromatic N) is 3. The highest BCUT2D eigenvalue weighted by Gasteiger charge is 2.55. The maximum absolute atomic E-state index is 13.9. The van der Waals surface area contributed by atoms with Gasteiger partial charge in [0.05, 0.1) is 11.3 Å². The third kappa shape index (κ3) is 6.99. The monoisotopic (exact) mass is 631 g/mol. The summed E-state index contributed by atoms with van der Waals surface area (Å²) in [7, 11) is 0. The number of aliphatic carboxylic acids is 2. The van der Waals surface area contributed by atoms with E-state index in [-0.39, 0.29) is 23.4 Å². The average Bonchev–Trinajstić information content (AvgIpc) is 3.20. The lowest BCUT2D eigenvalue weighted by atomic mass is 9.89. The second-order valence-electron chi connectivity index (χ2n) is 10.5. The topological polar surface area (TPSA) is 217 Å². The zero-order valence-corrected chi connectivity index (χ0v) is 24.4. The summed E-state index contributed by atoms with van der Waals surface area (Å²) in [6.45, 7) is 0.457. The van der Waals surface area contributed by atoms with Crippen molar-refractivity contribution in [3.05, 3.63) is 112 Å². The molecule has 0 aromatic heterocycles. The number of hydrogen-bond acceptors (Lipinski definition) is 8. The lowest BCUT2D eigenvalue weighted by Crippen LogP contribution is -2.52. The molecule has 0 aliphatic carbocycles. The van der Waals surface area contributed by atoms with Crippen LogP contribution < -0.4 is 10.6 Å². The fraction of sp³-hybridized carbons (Fsp3) is 0.226. The molecule has 4 rings (SSSR count). The molecule has 3 aromatic rings. The largest absolute Gasteiger partial charge is 0.481 e. The number of nitro groups is 1. The van der Waals surface area contributed by atoms with E-state index in [1.165, 1.54) is 48.2 Å². The lowest BCUT2D eigenvalue weighted by molar-refractivity contribution is -0.384. The number of hydrogen-bond donors (Lipinski definition) is 4. The molecule has 1 saturated heterocycles. The second-order valence-corrected chi connectivity index (χ2v) is 10.5. The molecule has 5 amide bonds. The van der Waals surface area contributed by atoms with Gasteiger partial charge in [0.2, 0.25) is 11.8 Å². The van der Waals surface area contributed by atoms with E-state index in [9.17, 15) is 49.1 Å². The van der Waals surface area contributed by atoms with E-state index < -0.39 is 71.2 Å². The molecule has 0 spiro atoms. The number of benzene rings is 3. The van der Waals surface area contributed by atoms with Gasteiger partial charge in [-0.05, 0) is 35.7 Å². The van der Waals surface area contributed by atoms with Crippen molar-refractivity contribution in [3.8, 4) is 0 Å². The Morgan fingerprint density at radius 2 is 1.48 bits per heavy atom. The molecular formula is C31H29N5O10.